The van der Waals surface area contributed by atoms with E-state index in [4.69, 9.17) is 80.5 Å². The van der Waals surface area contributed by atoms with Crippen molar-refractivity contribution < 1.29 is 225 Å². The molecule has 149 heavy (non-hydrogen) atoms. The SMILES string of the molecule is CC(CO)(CO)C(=O)O.CCC(CO)(CO)C(=O)O.CCCCCCCCCOCC[N+](C)(C)CCCCS(=O)(=O)[O-].CCCCCCCCCO[N+](C)(C)CC(=O)[O-].CCCCCCOCC[N+](C)(C)CCCCS(=O)(=O)[O-].CCCCCCO[N+](C)(C)CC(=O)[O-].C[N+](C)(CCO)CC(=O)[O-].C[N+](C)(CCO)CCC(=O)[O-].C[N+](C)(CCO)CCCCS(=O)(=O)[O-].C[N+](C)(CCO)CCCS(=O)(=O)[O-].NCCOS(=O)(=O)O. The lowest BCUT2D eigenvalue weighted by molar-refractivity contribution is -1.07. The molecule has 0 aromatic carbocycles. The first-order chi connectivity index (χ1) is 68.2. The van der Waals surface area contributed by atoms with Crippen molar-refractivity contribution in [1.29, 1.82) is 0 Å². The fourth-order valence-electron chi connectivity index (χ4n) is 12.0. The van der Waals surface area contributed by atoms with Gasteiger partial charge in [-0.1, -0.05) is 150 Å². The molecule has 0 rings (SSSR count). The molecule has 0 aliphatic rings. The van der Waals surface area contributed by atoms with Crippen LogP contribution in [0, 0.1) is 10.8 Å². The van der Waals surface area contributed by atoms with E-state index in [1.165, 1.54) is 110 Å². The zero-order valence-electron chi connectivity index (χ0n) is 94.9. The molecule has 0 bridgehead atoms. The minimum Gasteiger partial charge on any atom is -0.748 e. The molecule has 0 heterocycles. The largest absolute Gasteiger partial charge is 0.748 e. The smallest absolute Gasteiger partial charge is 0.397 e. The summed E-state index contributed by atoms with van der Waals surface area (Å²) >= 11 is 0. The molecule has 0 aliphatic carbocycles. The zero-order valence-corrected chi connectivity index (χ0v) is 99.0. The average molecular weight is 2280 g/mol. The Morgan fingerprint density at radius 1 is 0.295 bits per heavy atom. The summed E-state index contributed by atoms with van der Waals surface area (Å²) < 4.78 is 171. The number of aliphatic carboxylic acids is 6. The number of unbranched alkanes of at least 4 members (excludes halogenated alkanes) is 21. The highest BCUT2D eigenvalue weighted by molar-refractivity contribution is 7.86. The van der Waals surface area contributed by atoms with Crippen LogP contribution in [0.2, 0.25) is 0 Å². The van der Waals surface area contributed by atoms with Crippen molar-refractivity contribution in [3.63, 3.8) is 0 Å². The molecular weight excluding hydrogens is 2070 g/mol. The van der Waals surface area contributed by atoms with Crippen LogP contribution in [0.5, 0.6) is 0 Å². The van der Waals surface area contributed by atoms with E-state index in [-0.39, 0.29) is 109 Å². The second-order valence-electron chi connectivity index (χ2n) is 41.6. The number of carbonyl (C=O) groups is 6. The van der Waals surface area contributed by atoms with E-state index in [1.54, 1.807) is 49.2 Å². The van der Waals surface area contributed by atoms with Crippen LogP contribution in [-0.2, 0) is 103 Å². The Bertz CT molecular complexity index is 3810. The molecule has 54 heteroatoms. The number of hydrogen-bond donors (Lipinski definition) is 12. The molecule has 0 unspecified atom stereocenters. The third-order valence-electron chi connectivity index (χ3n) is 22.3. The first kappa shape index (κ1) is 167. The van der Waals surface area contributed by atoms with Gasteiger partial charge in [-0.05, 0) is 77.6 Å². The fourth-order valence-corrected chi connectivity index (χ4v) is 14.5. The summed E-state index contributed by atoms with van der Waals surface area (Å²) in [4.78, 5) is 72.4. The predicted octanol–water partition coefficient (Wildman–Crippen LogP) is -1.39. The summed E-state index contributed by atoms with van der Waals surface area (Å²) in [5, 5.41) is 126. The van der Waals surface area contributed by atoms with Gasteiger partial charge in [-0.25, -0.2) is 47.5 Å². The second kappa shape index (κ2) is 96.8. The molecule has 0 saturated heterocycles. The van der Waals surface area contributed by atoms with Crippen molar-refractivity contribution in [2.45, 2.75) is 241 Å². The fraction of sp³-hybridized carbons (Fsp3) is 0.937. The molecule has 904 valence electrons. The Kier molecular flexibility index (Phi) is 108. The van der Waals surface area contributed by atoms with Gasteiger partial charge in [0.15, 0.2) is 0 Å². The van der Waals surface area contributed by atoms with E-state index in [1.807, 2.05) is 42.3 Å². The Morgan fingerprint density at radius 2 is 0.550 bits per heavy atom. The molecule has 0 saturated carbocycles. The van der Waals surface area contributed by atoms with Crippen molar-refractivity contribution in [3.8, 4) is 0 Å². The van der Waals surface area contributed by atoms with Gasteiger partial charge in [0.05, 0.1) is 277 Å². The van der Waals surface area contributed by atoms with Crippen LogP contribution < -0.4 is 26.2 Å². The number of carboxylic acids is 6. The monoisotopic (exact) mass is 2280 g/mol. The summed E-state index contributed by atoms with van der Waals surface area (Å²) in [6.07, 6.45) is 31.2. The highest BCUT2D eigenvalue weighted by atomic mass is 32.3. The topological polar surface area (TPSA) is 752 Å². The van der Waals surface area contributed by atoms with Crippen LogP contribution in [0.3, 0.4) is 0 Å². The van der Waals surface area contributed by atoms with Gasteiger partial charge in [-0.15, -0.1) is 0 Å². The number of carboxylic acid groups (broad SMARTS) is 6. The lowest BCUT2D eigenvalue weighted by atomic mass is 9.87. The van der Waals surface area contributed by atoms with Gasteiger partial charge in [0.25, 0.3) is 0 Å². The molecule has 0 atom stereocenters. The van der Waals surface area contributed by atoms with Gasteiger partial charge < -0.3 is 151 Å². The Labute approximate surface area is 896 Å². The van der Waals surface area contributed by atoms with Crippen LogP contribution in [0.1, 0.15) is 241 Å². The zero-order chi connectivity index (χ0) is 118. The van der Waals surface area contributed by atoms with Crippen molar-refractivity contribution in [1.82, 2.24) is 0 Å². The van der Waals surface area contributed by atoms with E-state index in [0.29, 0.717) is 98.0 Å². The van der Waals surface area contributed by atoms with Gasteiger partial charge in [-0.3, -0.25) is 14.1 Å². The number of aliphatic hydroxyl groups excluding tert-OH is 8. The highest BCUT2D eigenvalue weighted by Crippen LogP contribution is 2.21. The molecule has 49 nitrogen and oxygen atoms in total. The third-order valence-corrected chi connectivity index (χ3v) is 26.0. The van der Waals surface area contributed by atoms with E-state index in [0.717, 1.165) is 119 Å². The summed E-state index contributed by atoms with van der Waals surface area (Å²) in [7, 11) is 9.70. The predicted molar refractivity (Wildman–Crippen MR) is 557 cm³/mol. The van der Waals surface area contributed by atoms with E-state index in [9.17, 15) is 109 Å². The first-order valence-electron chi connectivity index (χ1n) is 51.4. The van der Waals surface area contributed by atoms with E-state index < -0.39 is 124 Å². The second-order valence-corrected chi connectivity index (χ2v) is 48.8. The number of ether oxygens (including phenoxy) is 2. The van der Waals surface area contributed by atoms with Crippen LogP contribution >= 0.6 is 0 Å². The number of nitrogens with two attached hydrogens (primary N) is 1. The Morgan fingerprint density at radius 3 is 0.765 bits per heavy atom. The molecular formula is C95H209N9O40S5. The maximum atomic E-state index is 10.5. The van der Waals surface area contributed by atoms with Crippen LogP contribution in [0.25, 0.3) is 0 Å². The van der Waals surface area contributed by atoms with Gasteiger partial charge in [0.1, 0.15) is 82.9 Å². The minimum absolute atomic E-state index is 0.000278. The third kappa shape index (κ3) is 143. The maximum Gasteiger partial charge on any atom is 0.397 e. The van der Waals surface area contributed by atoms with Crippen molar-refractivity contribution in [3.05, 3.63) is 0 Å². The summed E-state index contributed by atoms with van der Waals surface area (Å²) in [5.41, 5.74) is 2.10. The summed E-state index contributed by atoms with van der Waals surface area (Å²) in [6, 6.07) is 0. The average Bonchev–Trinajstić information content (AvgIpc) is 0.864. The van der Waals surface area contributed by atoms with Gasteiger partial charge in [0, 0.05) is 61.6 Å². The molecule has 0 radical (unpaired) electrons. The number of likely N-dealkylation sites (N-methyl/N-ethyl adjacent to an activating group) is 8. The molecule has 13 N–H and O–H groups in total. The van der Waals surface area contributed by atoms with Gasteiger partial charge in [-0.2, -0.15) is 17.7 Å². The van der Waals surface area contributed by atoms with Crippen LogP contribution in [0.15, 0.2) is 0 Å². The van der Waals surface area contributed by atoms with Gasteiger partial charge >= 0.3 is 22.3 Å². The van der Waals surface area contributed by atoms with Crippen molar-refractivity contribution >= 4 is 86.7 Å². The molecule has 0 aromatic heterocycles. The molecule has 0 fully saturated rings. The standard InChI is InChI=1S/C17H37NO4S.C14H31NO4S.C13H27NO3.C10H21NO3.C8H19NO4S.C7H17NO4S.C7H15NO3.C6H13NO3.C6H12O4.C5H10O4.C2H7NO4S/c1-4-5-6-7-8-9-11-15-22-16-14-18(2,3)13-10-12-17-23(19,20)21;1-4-5-6-8-12-19-13-11-15(2,3)10-7-9-14-20(16,17)18;1-4-5-6-7-8-9-10-11-17-14(2,3)12-13(15)16;1-4-5-6-7-8-14-11(2,3)9-10(12)13;1-9(2,6-7-10)5-3-4-8-14(11,12)13;1-8(2,5-6-9)4-3-7-13(10,11)12;1-8(2,5-6-9)4-3-7(10)11;1-7(2,3-4-8)5-6(9)10;1-2-6(3-7,4-8)5(9)10;1-5(2-6,3-7)4(8)9;3-1-2-7-8(4,5)6/h4-17H2,1-3H3;4-14H2,1-3H3;4-12H2,1-3H3;4-9H2,1-3H3;10H,3-8H2,1-2H3;9H,3-7H2,1-2H3;9H,3-6H2,1-2H3;8H,3-5H2,1-2H3;7-8H,2-4H2,1H3,(H,9,10);6-7H,2-3H2,1H3,(H,8,9);1-3H2,(H,4,5,6). The van der Waals surface area contributed by atoms with Crippen LogP contribution in [-0.4, -0.2) is 521 Å². The number of quaternary nitrogens is 8. The van der Waals surface area contributed by atoms with Gasteiger partial charge in [0.2, 0.25) is 0 Å². The molecule has 0 aromatic rings. The first-order valence-corrected chi connectivity index (χ1v) is 59.1. The van der Waals surface area contributed by atoms with E-state index in [2.05, 4.69) is 60.1 Å². The lowest BCUT2D eigenvalue weighted by Gasteiger charge is -2.29. The number of hydrogen-bond acceptors (Lipinski definition) is 38. The number of aliphatic hydroxyl groups is 8. The normalized spacial score (nSPS) is 12.2. The quantitative estimate of drug-likeness (QED) is 0.0144. The Hall–Kier alpha value is -4.51. The molecule has 0 amide bonds. The number of nitrogens with zero attached hydrogens (tertiary/aromatic N) is 8. The Balaban J connectivity index is -0.000000158. The summed E-state index contributed by atoms with van der Waals surface area (Å²) in [6.45, 7) is 21.5. The number of hydroxylamine groups is 6. The number of carbonyl (C=O) groups excluding carboxylic acids is 4. The lowest BCUT2D eigenvalue weighted by Crippen LogP contribution is -2.49. The maximum absolute atomic E-state index is 10.5. The van der Waals surface area contributed by atoms with Crippen molar-refractivity contribution in [2.24, 2.45) is 16.6 Å². The molecule has 0 aliphatic heterocycles. The minimum atomic E-state index is -4.27. The number of rotatable bonds is 80. The highest BCUT2D eigenvalue weighted by Gasteiger charge is 2.35. The van der Waals surface area contributed by atoms with E-state index >= 15 is 0 Å². The summed E-state index contributed by atoms with van der Waals surface area (Å²) in [5.74, 6) is -7.72. The molecule has 0 spiro atoms. The van der Waals surface area contributed by atoms with Crippen LogP contribution in [0.4, 0.5) is 0 Å². The van der Waals surface area contributed by atoms with Crippen molar-refractivity contribution in [2.75, 3.05) is 333 Å².